The minimum Gasteiger partial charge on any atom is -0.237 e. The molecule has 14 heavy (non-hydrogen) atoms. The Hall–Kier alpha value is -1.95. The smallest absolute Gasteiger partial charge is 0.141 e. The van der Waals surface area contributed by atoms with Gasteiger partial charge in [-0.3, -0.25) is 0 Å². The number of halogens is 1. The number of rotatable bonds is 0. The summed E-state index contributed by atoms with van der Waals surface area (Å²) in [7, 11) is 0. The quantitative estimate of drug-likeness (QED) is 0.634. The van der Waals surface area contributed by atoms with Crippen molar-refractivity contribution in [1.82, 2.24) is 4.98 Å². The van der Waals surface area contributed by atoms with E-state index < -0.39 is 0 Å². The van der Waals surface area contributed by atoms with Crippen LogP contribution in [0.1, 0.15) is 11.3 Å². The number of fused-ring (bicyclic) bond motifs is 1. The third kappa shape index (κ3) is 1.21. The van der Waals surface area contributed by atoms with Crippen molar-refractivity contribution < 1.29 is 4.39 Å². The van der Waals surface area contributed by atoms with Crippen LogP contribution in [0.5, 0.6) is 0 Å². The number of nitrogens with zero attached hydrogens (tertiary/aromatic N) is 2. The van der Waals surface area contributed by atoms with Crippen molar-refractivity contribution in [3.63, 3.8) is 0 Å². The van der Waals surface area contributed by atoms with Crippen LogP contribution >= 0.6 is 0 Å². The van der Waals surface area contributed by atoms with Gasteiger partial charge in [-0.25, -0.2) is 9.37 Å². The molecule has 0 aliphatic heterocycles. The first kappa shape index (κ1) is 8.64. The summed E-state index contributed by atoms with van der Waals surface area (Å²) in [4.78, 5) is 4.05. The molecule has 2 aromatic rings. The molecule has 2 rings (SSSR count). The molecule has 1 aromatic heterocycles. The molecular weight excluding hydrogens is 179 g/mol. The predicted octanol–water partition coefficient (Wildman–Crippen LogP) is 2.55. The second-order valence-corrected chi connectivity index (χ2v) is 3.07. The van der Waals surface area contributed by atoms with Gasteiger partial charge >= 0.3 is 0 Å². The Morgan fingerprint density at radius 2 is 2.07 bits per heavy atom. The molecule has 1 heterocycles. The first-order valence-electron chi connectivity index (χ1n) is 4.18. The third-order valence-electron chi connectivity index (χ3n) is 2.12. The van der Waals surface area contributed by atoms with Crippen molar-refractivity contribution in [2.75, 3.05) is 0 Å². The number of aromatic nitrogens is 1. The maximum absolute atomic E-state index is 13.3. The molecule has 0 saturated carbocycles. The molecule has 1 aromatic carbocycles. The summed E-state index contributed by atoms with van der Waals surface area (Å²) >= 11 is 0. The van der Waals surface area contributed by atoms with E-state index >= 15 is 0 Å². The predicted molar refractivity (Wildman–Crippen MR) is 51.2 cm³/mol. The van der Waals surface area contributed by atoms with Crippen LogP contribution in [0, 0.1) is 24.1 Å². The molecule has 0 amide bonds. The number of hydrogen-bond donors (Lipinski definition) is 0. The highest BCUT2D eigenvalue weighted by Gasteiger charge is 2.04. The lowest BCUT2D eigenvalue weighted by Crippen LogP contribution is -1.89. The highest BCUT2D eigenvalue weighted by Crippen LogP contribution is 2.19. The average molecular weight is 186 g/mol. The second kappa shape index (κ2) is 3.08. The number of nitriles is 1. The van der Waals surface area contributed by atoms with Crippen molar-refractivity contribution in [3.05, 3.63) is 41.3 Å². The van der Waals surface area contributed by atoms with Crippen LogP contribution in [-0.2, 0) is 0 Å². The second-order valence-electron chi connectivity index (χ2n) is 3.07. The molecule has 0 atom stereocenters. The highest BCUT2D eigenvalue weighted by atomic mass is 19.1. The van der Waals surface area contributed by atoms with E-state index in [1.807, 2.05) is 13.0 Å². The lowest BCUT2D eigenvalue weighted by Gasteiger charge is -2.01. The van der Waals surface area contributed by atoms with E-state index in [9.17, 15) is 4.39 Å². The van der Waals surface area contributed by atoms with Gasteiger partial charge in [0.25, 0.3) is 0 Å². The van der Waals surface area contributed by atoms with Crippen LogP contribution < -0.4 is 0 Å². The zero-order valence-corrected chi connectivity index (χ0v) is 7.58. The average Bonchev–Trinajstić information content (AvgIpc) is 2.23. The molecule has 0 N–H and O–H groups in total. The Morgan fingerprint density at radius 1 is 1.29 bits per heavy atom. The molecule has 0 saturated heterocycles. The molecule has 0 unspecified atom stereocenters. The lowest BCUT2D eigenvalue weighted by molar-refractivity contribution is 0.639. The van der Waals surface area contributed by atoms with Crippen LogP contribution in [0.15, 0.2) is 24.3 Å². The Bertz CT molecular complexity index is 541. The van der Waals surface area contributed by atoms with Crippen LogP contribution in [0.4, 0.5) is 4.39 Å². The normalized spacial score (nSPS) is 10.1. The Morgan fingerprint density at radius 3 is 2.79 bits per heavy atom. The van der Waals surface area contributed by atoms with Gasteiger partial charge in [-0.2, -0.15) is 5.26 Å². The first-order valence-corrected chi connectivity index (χ1v) is 4.18. The van der Waals surface area contributed by atoms with Crippen molar-refractivity contribution in [2.45, 2.75) is 6.92 Å². The van der Waals surface area contributed by atoms with Crippen LogP contribution in [0.3, 0.4) is 0 Å². The molecule has 0 aliphatic rings. The minimum atomic E-state index is -0.303. The van der Waals surface area contributed by atoms with Crippen molar-refractivity contribution in [3.8, 4) is 6.07 Å². The fraction of sp³-hybridized carbons (Fsp3) is 0.0909. The van der Waals surface area contributed by atoms with Crippen LogP contribution in [-0.4, -0.2) is 4.98 Å². The topological polar surface area (TPSA) is 36.7 Å². The summed E-state index contributed by atoms with van der Waals surface area (Å²) in [6.45, 7) is 1.84. The maximum Gasteiger partial charge on any atom is 0.141 e. The molecule has 2 nitrogen and oxygen atoms in total. The Labute approximate surface area is 80.6 Å². The Kier molecular flexibility index (Phi) is 1.90. The van der Waals surface area contributed by atoms with Gasteiger partial charge in [-0.05, 0) is 30.7 Å². The summed E-state index contributed by atoms with van der Waals surface area (Å²) in [5, 5.41) is 9.11. The fourth-order valence-electron chi connectivity index (χ4n) is 1.38. The zero-order valence-electron chi connectivity index (χ0n) is 7.58. The molecule has 0 bridgehead atoms. The monoisotopic (exact) mass is 186 g/mol. The summed E-state index contributed by atoms with van der Waals surface area (Å²) in [6, 6.07) is 8.10. The van der Waals surface area contributed by atoms with Gasteiger partial charge in [-0.15, -0.1) is 0 Å². The molecular formula is C11H7FN2. The highest BCUT2D eigenvalue weighted by molar-refractivity contribution is 5.82. The summed E-state index contributed by atoms with van der Waals surface area (Å²) < 4.78 is 13.3. The van der Waals surface area contributed by atoms with Crippen molar-refractivity contribution in [2.24, 2.45) is 0 Å². The molecule has 0 aliphatic carbocycles. The lowest BCUT2D eigenvalue weighted by atomic mass is 10.1. The van der Waals surface area contributed by atoms with Gasteiger partial charge in [-0.1, -0.05) is 6.07 Å². The number of pyridine rings is 1. The number of benzene rings is 1. The van der Waals surface area contributed by atoms with E-state index in [0.717, 1.165) is 5.56 Å². The van der Waals surface area contributed by atoms with E-state index in [1.54, 1.807) is 12.1 Å². The molecule has 0 spiro atoms. The summed E-state index contributed by atoms with van der Waals surface area (Å²) in [6.07, 6.45) is 0. The Balaban J connectivity index is 2.89. The van der Waals surface area contributed by atoms with Gasteiger partial charge < -0.3 is 0 Å². The molecule has 68 valence electrons. The maximum atomic E-state index is 13.3. The summed E-state index contributed by atoms with van der Waals surface area (Å²) in [5.74, 6) is -0.303. The number of aryl methyl sites for hydroxylation is 1. The third-order valence-corrected chi connectivity index (χ3v) is 2.12. The van der Waals surface area contributed by atoms with E-state index in [-0.39, 0.29) is 5.82 Å². The molecule has 0 fully saturated rings. The SMILES string of the molecule is Cc1ccc(F)c2ccc(C#N)nc12. The number of hydrogen-bond acceptors (Lipinski definition) is 2. The molecule has 3 heteroatoms. The van der Waals surface area contributed by atoms with E-state index in [2.05, 4.69) is 4.98 Å². The van der Waals surface area contributed by atoms with E-state index in [1.165, 1.54) is 12.1 Å². The first-order chi connectivity index (χ1) is 6.72. The van der Waals surface area contributed by atoms with Crippen LogP contribution in [0.2, 0.25) is 0 Å². The van der Waals surface area contributed by atoms with Gasteiger partial charge in [0.1, 0.15) is 17.6 Å². The van der Waals surface area contributed by atoms with Crippen molar-refractivity contribution in [1.29, 1.82) is 5.26 Å². The van der Waals surface area contributed by atoms with Crippen LogP contribution in [0.25, 0.3) is 10.9 Å². The van der Waals surface area contributed by atoms with Gasteiger partial charge in [0, 0.05) is 5.39 Å². The zero-order chi connectivity index (χ0) is 10.1. The van der Waals surface area contributed by atoms with E-state index in [0.29, 0.717) is 16.6 Å². The van der Waals surface area contributed by atoms with Crippen molar-refractivity contribution >= 4 is 10.9 Å². The minimum absolute atomic E-state index is 0.303. The summed E-state index contributed by atoms with van der Waals surface area (Å²) in [5.41, 5.74) is 1.74. The fourth-order valence-corrected chi connectivity index (χ4v) is 1.38. The standard InChI is InChI=1S/C11H7FN2/c1-7-2-5-10(12)9-4-3-8(6-13)14-11(7)9/h2-5H,1H3. The van der Waals surface area contributed by atoms with Gasteiger partial charge in [0.05, 0.1) is 5.52 Å². The molecule has 0 radical (unpaired) electrons. The van der Waals surface area contributed by atoms with Gasteiger partial charge in [0.15, 0.2) is 0 Å². The van der Waals surface area contributed by atoms with E-state index in [4.69, 9.17) is 5.26 Å². The largest absolute Gasteiger partial charge is 0.237 e. The van der Waals surface area contributed by atoms with Gasteiger partial charge in [0.2, 0.25) is 0 Å².